The van der Waals surface area contributed by atoms with Crippen molar-refractivity contribution in [3.8, 4) is 84.7 Å². The van der Waals surface area contributed by atoms with Crippen LogP contribution >= 0.6 is 0 Å². The van der Waals surface area contributed by atoms with E-state index in [-0.39, 0.29) is 0 Å². The highest BCUT2D eigenvalue weighted by atomic mass is 15.0. The zero-order valence-corrected chi connectivity index (χ0v) is 30.1. The predicted octanol–water partition coefficient (Wildman–Crippen LogP) is 13.2. The molecule has 1 aromatic heterocycles. The standard InChI is InChI=1S/C52H30N4/c53-31-32-15-16-33-17-20-37(28-40(33)27-32)42-23-25-46-44-13-7-8-14-45(44)47-26-24-43(48(42)49(46)47)38-21-18-34-19-22-39(30-41(34)29-38)52-55-50(35-9-3-1-4-10-35)54-51(56-52)36-11-5-2-6-12-36/h1-30H. The molecule has 0 N–H and O–H groups in total. The van der Waals surface area contributed by atoms with Gasteiger partial charge in [0, 0.05) is 16.7 Å². The van der Waals surface area contributed by atoms with Crippen LogP contribution in [0.1, 0.15) is 5.56 Å². The van der Waals surface area contributed by atoms with E-state index in [0.29, 0.717) is 23.0 Å². The van der Waals surface area contributed by atoms with E-state index >= 15 is 0 Å². The molecule has 258 valence electrons. The molecule has 1 aliphatic rings. The minimum Gasteiger partial charge on any atom is -0.208 e. The Bertz CT molecular complexity index is 3170. The number of benzene rings is 9. The van der Waals surface area contributed by atoms with Crippen molar-refractivity contribution in [3.63, 3.8) is 0 Å². The number of rotatable bonds is 5. The highest BCUT2D eigenvalue weighted by Crippen LogP contribution is 2.52. The molecule has 1 heterocycles. The van der Waals surface area contributed by atoms with Crippen LogP contribution in [0.4, 0.5) is 0 Å². The van der Waals surface area contributed by atoms with Gasteiger partial charge in [0.1, 0.15) is 0 Å². The van der Waals surface area contributed by atoms with E-state index in [9.17, 15) is 5.26 Å². The molecule has 0 fully saturated rings. The molecule has 10 aromatic rings. The summed E-state index contributed by atoms with van der Waals surface area (Å²) in [4.78, 5) is 14.9. The zero-order chi connectivity index (χ0) is 37.2. The van der Waals surface area contributed by atoms with Crippen LogP contribution in [-0.4, -0.2) is 15.0 Å². The maximum Gasteiger partial charge on any atom is 0.164 e. The zero-order valence-electron chi connectivity index (χ0n) is 30.1. The van der Waals surface area contributed by atoms with Crippen molar-refractivity contribution in [2.75, 3.05) is 0 Å². The molecule has 0 aliphatic heterocycles. The van der Waals surface area contributed by atoms with Gasteiger partial charge in [0.2, 0.25) is 0 Å². The second-order valence-electron chi connectivity index (χ2n) is 14.3. The maximum absolute atomic E-state index is 9.66. The van der Waals surface area contributed by atoms with E-state index in [0.717, 1.165) is 49.4 Å². The molecule has 4 nitrogen and oxygen atoms in total. The first kappa shape index (κ1) is 31.8. The Morgan fingerprint density at radius 3 is 1.25 bits per heavy atom. The Balaban J connectivity index is 1.11. The maximum atomic E-state index is 9.66. The van der Waals surface area contributed by atoms with E-state index in [2.05, 4.69) is 109 Å². The van der Waals surface area contributed by atoms with E-state index in [1.165, 1.54) is 44.2 Å². The van der Waals surface area contributed by atoms with Crippen LogP contribution < -0.4 is 0 Å². The molecule has 0 unspecified atom stereocenters. The van der Waals surface area contributed by atoms with Gasteiger partial charge in [-0.15, -0.1) is 0 Å². The van der Waals surface area contributed by atoms with Gasteiger partial charge >= 0.3 is 0 Å². The molecule has 4 heteroatoms. The van der Waals surface area contributed by atoms with Crippen molar-refractivity contribution in [2.45, 2.75) is 0 Å². The van der Waals surface area contributed by atoms with Gasteiger partial charge in [0.15, 0.2) is 17.5 Å². The first-order valence-corrected chi connectivity index (χ1v) is 18.7. The second kappa shape index (κ2) is 12.7. The molecule has 9 aromatic carbocycles. The fourth-order valence-electron chi connectivity index (χ4n) is 8.35. The van der Waals surface area contributed by atoms with E-state index in [1.807, 2.05) is 78.9 Å². The molecule has 0 atom stereocenters. The Morgan fingerprint density at radius 1 is 0.304 bits per heavy atom. The topological polar surface area (TPSA) is 62.5 Å². The molecule has 0 bridgehead atoms. The van der Waals surface area contributed by atoms with Crippen molar-refractivity contribution in [2.24, 2.45) is 0 Å². The van der Waals surface area contributed by atoms with Crippen molar-refractivity contribution >= 4 is 32.3 Å². The third-order valence-corrected chi connectivity index (χ3v) is 11.1. The SMILES string of the molecule is N#Cc1ccc2ccc(-c3ccc4c5c(ccc(-c6ccc7ccc(-c8nc(-c9ccccc9)nc(-c9ccccc9)n8)cc7c6)c35)-c3ccccc3-4)cc2c1. The summed E-state index contributed by atoms with van der Waals surface area (Å²) in [6, 6.07) is 66.0. The molecule has 0 saturated heterocycles. The van der Waals surface area contributed by atoms with E-state index in [1.54, 1.807) is 0 Å². The fourth-order valence-corrected chi connectivity index (χ4v) is 8.35. The first-order valence-electron chi connectivity index (χ1n) is 18.7. The molecule has 0 spiro atoms. The van der Waals surface area contributed by atoms with Crippen LogP contribution in [0.25, 0.3) is 111 Å². The van der Waals surface area contributed by atoms with Crippen LogP contribution in [-0.2, 0) is 0 Å². The Morgan fingerprint density at radius 2 is 0.714 bits per heavy atom. The summed E-state index contributed by atoms with van der Waals surface area (Å²) in [6.07, 6.45) is 0. The molecule has 0 saturated carbocycles. The van der Waals surface area contributed by atoms with Gasteiger partial charge in [-0.3, -0.25) is 0 Å². The molecule has 11 rings (SSSR count). The summed E-state index contributed by atoms with van der Waals surface area (Å²) in [5.74, 6) is 1.91. The van der Waals surface area contributed by atoms with Crippen molar-refractivity contribution in [1.29, 1.82) is 5.26 Å². The third kappa shape index (κ3) is 5.18. The quantitative estimate of drug-likeness (QED) is 0.178. The van der Waals surface area contributed by atoms with Gasteiger partial charge in [-0.25, -0.2) is 15.0 Å². The highest BCUT2D eigenvalue weighted by molar-refractivity contribution is 6.23. The summed E-state index contributed by atoms with van der Waals surface area (Å²) in [5, 5.41) is 16.6. The normalized spacial score (nSPS) is 11.6. The monoisotopic (exact) mass is 710 g/mol. The number of hydrogen-bond donors (Lipinski definition) is 0. The predicted molar refractivity (Wildman–Crippen MR) is 229 cm³/mol. The van der Waals surface area contributed by atoms with E-state index in [4.69, 9.17) is 15.0 Å². The van der Waals surface area contributed by atoms with Gasteiger partial charge in [0.05, 0.1) is 11.6 Å². The lowest BCUT2D eigenvalue weighted by Gasteiger charge is -2.16. The summed E-state index contributed by atoms with van der Waals surface area (Å²) in [5.41, 5.74) is 13.1. The molecular weight excluding hydrogens is 681 g/mol. The number of hydrogen-bond acceptors (Lipinski definition) is 4. The third-order valence-electron chi connectivity index (χ3n) is 11.1. The number of fused-ring (bicyclic) bond motifs is 5. The molecule has 0 radical (unpaired) electrons. The lowest BCUT2D eigenvalue weighted by Crippen LogP contribution is -2.00. The van der Waals surface area contributed by atoms with Crippen molar-refractivity contribution < 1.29 is 0 Å². The smallest absolute Gasteiger partial charge is 0.164 e. The fraction of sp³-hybridized carbons (Fsp3) is 0. The first-order chi connectivity index (χ1) is 27.7. The van der Waals surface area contributed by atoms with Crippen LogP contribution in [0, 0.1) is 11.3 Å². The Hall–Kier alpha value is -7.74. The highest BCUT2D eigenvalue weighted by Gasteiger charge is 2.25. The van der Waals surface area contributed by atoms with Gasteiger partial charge < -0.3 is 0 Å². The van der Waals surface area contributed by atoms with E-state index < -0.39 is 0 Å². The summed E-state index contributed by atoms with van der Waals surface area (Å²) in [7, 11) is 0. The lowest BCUT2D eigenvalue weighted by atomic mass is 9.87. The van der Waals surface area contributed by atoms with Crippen LogP contribution in [0.3, 0.4) is 0 Å². The second-order valence-corrected chi connectivity index (χ2v) is 14.3. The van der Waals surface area contributed by atoms with Gasteiger partial charge in [-0.05, 0) is 107 Å². The number of nitrogens with zero attached hydrogens (tertiary/aromatic N) is 4. The van der Waals surface area contributed by atoms with Crippen LogP contribution in [0.2, 0.25) is 0 Å². The summed E-state index contributed by atoms with van der Waals surface area (Å²) in [6.45, 7) is 0. The minimum atomic E-state index is 0.631. The van der Waals surface area contributed by atoms with Crippen LogP contribution in [0.5, 0.6) is 0 Å². The minimum absolute atomic E-state index is 0.631. The average molecular weight is 711 g/mol. The van der Waals surface area contributed by atoms with Crippen molar-refractivity contribution in [1.82, 2.24) is 15.0 Å². The van der Waals surface area contributed by atoms with Gasteiger partial charge in [0.25, 0.3) is 0 Å². The van der Waals surface area contributed by atoms with Crippen molar-refractivity contribution in [3.05, 3.63) is 188 Å². The summed E-state index contributed by atoms with van der Waals surface area (Å²) < 4.78 is 0. The molecule has 0 amide bonds. The Kier molecular flexibility index (Phi) is 7.20. The van der Waals surface area contributed by atoms with Gasteiger partial charge in [-0.1, -0.05) is 152 Å². The van der Waals surface area contributed by atoms with Crippen LogP contribution in [0.15, 0.2) is 182 Å². The summed E-state index contributed by atoms with van der Waals surface area (Å²) >= 11 is 0. The largest absolute Gasteiger partial charge is 0.208 e. The number of nitriles is 1. The lowest BCUT2D eigenvalue weighted by molar-refractivity contribution is 1.07. The number of aromatic nitrogens is 3. The molecule has 56 heavy (non-hydrogen) atoms. The Labute approximate surface area is 323 Å². The van der Waals surface area contributed by atoms with Gasteiger partial charge in [-0.2, -0.15) is 5.26 Å². The average Bonchev–Trinajstić information content (AvgIpc) is 3.60. The molecule has 1 aliphatic carbocycles. The molecular formula is C52H30N4.